The van der Waals surface area contributed by atoms with Crippen LogP contribution in [0.2, 0.25) is 0 Å². The second-order valence-electron chi connectivity index (χ2n) is 10.1. The number of hydrogen-bond acceptors (Lipinski definition) is 4. The van der Waals surface area contributed by atoms with Crippen LogP contribution >= 0.6 is 0 Å². The van der Waals surface area contributed by atoms with E-state index in [1.165, 1.54) is 47.4 Å². The standard InChI is InChI=1S/C30H33F2N3O4S/c1-21-11-17-27(18-12-21)40(38,39)35(26-15-13-24(31)14-16-26)20-29(36)34(19-23-7-3-6-10-28(23)32)22(2)30(37)33-25-8-4-5-9-25/h3,6-7,10-18,22,25H,4-5,8-9,19-20H2,1-2H3,(H,33,37). The highest BCUT2D eigenvalue weighted by molar-refractivity contribution is 7.92. The van der Waals surface area contributed by atoms with Gasteiger partial charge in [-0.05, 0) is 69.2 Å². The number of nitrogens with zero attached hydrogens (tertiary/aromatic N) is 2. The summed E-state index contributed by atoms with van der Waals surface area (Å²) in [7, 11) is -4.27. The van der Waals surface area contributed by atoms with Crippen molar-refractivity contribution in [3.8, 4) is 0 Å². The summed E-state index contributed by atoms with van der Waals surface area (Å²) < 4.78 is 56.8. The summed E-state index contributed by atoms with van der Waals surface area (Å²) >= 11 is 0. The largest absolute Gasteiger partial charge is 0.352 e. The van der Waals surface area contributed by atoms with Crippen molar-refractivity contribution >= 4 is 27.5 Å². The van der Waals surface area contributed by atoms with E-state index in [1.807, 2.05) is 6.92 Å². The van der Waals surface area contributed by atoms with E-state index < -0.39 is 46.1 Å². The first-order valence-corrected chi connectivity index (χ1v) is 14.7. The maximum absolute atomic E-state index is 14.6. The minimum Gasteiger partial charge on any atom is -0.352 e. The number of sulfonamides is 1. The Hall–Kier alpha value is -3.79. The minimum atomic E-state index is -4.27. The van der Waals surface area contributed by atoms with Crippen LogP contribution in [0.3, 0.4) is 0 Å². The van der Waals surface area contributed by atoms with Gasteiger partial charge >= 0.3 is 0 Å². The fourth-order valence-corrected chi connectivity index (χ4v) is 6.17. The topological polar surface area (TPSA) is 86.8 Å². The van der Waals surface area contributed by atoms with Crippen LogP contribution in [0.4, 0.5) is 14.5 Å². The second kappa shape index (κ2) is 12.6. The van der Waals surface area contributed by atoms with Gasteiger partial charge in [0.15, 0.2) is 0 Å². The highest BCUT2D eigenvalue weighted by Gasteiger charge is 2.33. The predicted octanol–water partition coefficient (Wildman–Crippen LogP) is 4.94. The average molecular weight is 570 g/mol. The number of carbonyl (C=O) groups excluding carboxylic acids is 2. The summed E-state index contributed by atoms with van der Waals surface area (Å²) in [6, 6.07) is 15.8. The number of aryl methyl sites for hydroxylation is 1. The molecule has 212 valence electrons. The van der Waals surface area contributed by atoms with Crippen LogP contribution in [0.5, 0.6) is 0 Å². The van der Waals surface area contributed by atoms with Crippen molar-refractivity contribution in [1.29, 1.82) is 0 Å². The monoisotopic (exact) mass is 569 g/mol. The Morgan fingerprint density at radius 2 is 1.57 bits per heavy atom. The predicted molar refractivity (Wildman–Crippen MR) is 149 cm³/mol. The molecule has 40 heavy (non-hydrogen) atoms. The Morgan fingerprint density at radius 3 is 2.20 bits per heavy atom. The summed E-state index contributed by atoms with van der Waals surface area (Å²) in [6.07, 6.45) is 3.68. The van der Waals surface area contributed by atoms with Crippen molar-refractivity contribution in [3.63, 3.8) is 0 Å². The molecule has 0 radical (unpaired) electrons. The Morgan fingerprint density at radius 1 is 0.950 bits per heavy atom. The van der Waals surface area contributed by atoms with Gasteiger partial charge in [-0.3, -0.25) is 13.9 Å². The fourth-order valence-electron chi connectivity index (χ4n) is 4.76. The van der Waals surface area contributed by atoms with Crippen LogP contribution in [0.15, 0.2) is 77.7 Å². The molecule has 7 nitrogen and oxygen atoms in total. The summed E-state index contributed by atoms with van der Waals surface area (Å²) in [6.45, 7) is 2.43. The van der Waals surface area contributed by atoms with E-state index in [2.05, 4.69) is 5.32 Å². The van der Waals surface area contributed by atoms with E-state index in [0.717, 1.165) is 47.7 Å². The SMILES string of the molecule is Cc1ccc(S(=O)(=O)N(CC(=O)N(Cc2ccccc2F)C(C)C(=O)NC2CCCC2)c2ccc(F)cc2)cc1. The summed E-state index contributed by atoms with van der Waals surface area (Å²) in [5, 5.41) is 2.97. The van der Waals surface area contributed by atoms with Crippen LogP contribution < -0.4 is 9.62 Å². The molecule has 0 saturated heterocycles. The van der Waals surface area contributed by atoms with Gasteiger partial charge < -0.3 is 10.2 Å². The minimum absolute atomic E-state index is 0.00186. The van der Waals surface area contributed by atoms with Crippen molar-refractivity contribution < 1.29 is 26.8 Å². The number of carbonyl (C=O) groups is 2. The third-order valence-corrected chi connectivity index (χ3v) is 8.96. The summed E-state index contributed by atoms with van der Waals surface area (Å²) in [5.41, 5.74) is 1.11. The second-order valence-corrected chi connectivity index (χ2v) is 11.9. The molecule has 2 amide bonds. The molecule has 0 aromatic heterocycles. The highest BCUT2D eigenvalue weighted by Crippen LogP contribution is 2.26. The van der Waals surface area contributed by atoms with Crippen LogP contribution in [-0.4, -0.2) is 43.8 Å². The van der Waals surface area contributed by atoms with Gasteiger partial charge in [0.2, 0.25) is 11.8 Å². The molecule has 0 spiro atoms. The van der Waals surface area contributed by atoms with E-state index >= 15 is 0 Å². The maximum Gasteiger partial charge on any atom is 0.264 e. The first-order valence-electron chi connectivity index (χ1n) is 13.2. The molecule has 3 aromatic rings. The molecule has 1 aliphatic rings. The van der Waals surface area contributed by atoms with Crippen molar-refractivity contribution in [2.24, 2.45) is 0 Å². The molecule has 3 aromatic carbocycles. The number of halogens is 2. The lowest BCUT2D eigenvalue weighted by Gasteiger charge is -2.32. The molecule has 1 fully saturated rings. The lowest BCUT2D eigenvalue weighted by Crippen LogP contribution is -2.52. The highest BCUT2D eigenvalue weighted by atomic mass is 32.2. The smallest absolute Gasteiger partial charge is 0.264 e. The number of hydrogen-bond donors (Lipinski definition) is 1. The van der Waals surface area contributed by atoms with Gasteiger partial charge in [-0.15, -0.1) is 0 Å². The lowest BCUT2D eigenvalue weighted by molar-refractivity contribution is -0.139. The number of anilines is 1. The Kier molecular flexibility index (Phi) is 9.19. The molecule has 0 heterocycles. The molecule has 1 aliphatic carbocycles. The van der Waals surface area contributed by atoms with Gasteiger partial charge in [0, 0.05) is 18.2 Å². The molecular formula is C30H33F2N3O4S. The fraction of sp³-hybridized carbons (Fsp3) is 0.333. The van der Waals surface area contributed by atoms with Gasteiger partial charge in [-0.1, -0.05) is 48.7 Å². The molecule has 1 saturated carbocycles. The van der Waals surface area contributed by atoms with Crippen LogP contribution in [0.1, 0.15) is 43.7 Å². The van der Waals surface area contributed by atoms with Crippen LogP contribution in [-0.2, 0) is 26.2 Å². The zero-order chi connectivity index (χ0) is 28.9. The first-order chi connectivity index (χ1) is 19.1. The zero-order valence-electron chi connectivity index (χ0n) is 22.5. The quantitative estimate of drug-likeness (QED) is 0.375. The van der Waals surface area contributed by atoms with Gasteiger partial charge in [0.1, 0.15) is 24.2 Å². The van der Waals surface area contributed by atoms with Crippen molar-refractivity contribution in [2.75, 3.05) is 10.8 Å². The van der Waals surface area contributed by atoms with E-state index in [-0.39, 0.29) is 28.7 Å². The first kappa shape index (κ1) is 29.2. The van der Waals surface area contributed by atoms with Crippen molar-refractivity contribution in [3.05, 3.63) is 95.6 Å². The molecule has 10 heteroatoms. The van der Waals surface area contributed by atoms with Crippen molar-refractivity contribution in [2.45, 2.75) is 63.1 Å². The third-order valence-electron chi connectivity index (χ3n) is 7.17. The number of nitrogens with one attached hydrogen (secondary N) is 1. The van der Waals surface area contributed by atoms with Gasteiger partial charge in [-0.2, -0.15) is 0 Å². The molecule has 1 unspecified atom stereocenters. The zero-order valence-corrected chi connectivity index (χ0v) is 23.3. The maximum atomic E-state index is 14.6. The van der Waals surface area contributed by atoms with Crippen LogP contribution in [0, 0.1) is 18.6 Å². The van der Waals surface area contributed by atoms with E-state index in [1.54, 1.807) is 25.1 Å². The number of amides is 2. The summed E-state index contributed by atoms with van der Waals surface area (Å²) in [5.74, 6) is -2.23. The Balaban J connectivity index is 1.69. The van der Waals surface area contributed by atoms with E-state index in [9.17, 15) is 26.8 Å². The van der Waals surface area contributed by atoms with Crippen LogP contribution in [0.25, 0.3) is 0 Å². The summed E-state index contributed by atoms with van der Waals surface area (Å²) in [4.78, 5) is 28.2. The lowest BCUT2D eigenvalue weighted by atomic mass is 10.1. The van der Waals surface area contributed by atoms with Gasteiger partial charge in [0.25, 0.3) is 10.0 Å². The normalized spacial score (nSPS) is 14.5. The molecule has 1 atom stereocenters. The molecule has 0 bridgehead atoms. The van der Waals surface area contributed by atoms with Crippen molar-refractivity contribution in [1.82, 2.24) is 10.2 Å². The molecule has 0 aliphatic heterocycles. The molecular weight excluding hydrogens is 536 g/mol. The third kappa shape index (κ3) is 6.85. The molecule has 1 N–H and O–H groups in total. The van der Waals surface area contributed by atoms with Gasteiger partial charge in [0.05, 0.1) is 10.6 Å². The molecule has 4 rings (SSSR count). The number of rotatable bonds is 10. The Labute approximate surface area is 233 Å². The van der Waals surface area contributed by atoms with E-state index in [0.29, 0.717) is 0 Å². The Bertz CT molecular complexity index is 1440. The van der Waals surface area contributed by atoms with E-state index in [4.69, 9.17) is 0 Å². The number of benzene rings is 3. The van der Waals surface area contributed by atoms with Gasteiger partial charge in [-0.25, -0.2) is 17.2 Å². The average Bonchev–Trinajstić information content (AvgIpc) is 3.44.